The van der Waals surface area contributed by atoms with E-state index in [-0.39, 0.29) is 0 Å². The van der Waals surface area contributed by atoms with Gasteiger partial charge in [-0.1, -0.05) is 18.1 Å². The minimum absolute atomic E-state index is 0.663. The lowest BCUT2D eigenvalue weighted by Crippen LogP contribution is -2.16. The second kappa shape index (κ2) is 1.97. The van der Waals surface area contributed by atoms with Gasteiger partial charge in [0.1, 0.15) is 0 Å². The largest absolute Gasteiger partial charge is 0.0733 e. The maximum atomic E-state index is 2.51. The molecule has 3 aliphatic rings. The van der Waals surface area contributed by atoms with E-state index in [0.717, 1.165) is 11.8 Å². The highest BCUT2D eigenvalue weighted by Gasteiger charge is 2.53. The van der Waals surface area contributed by atoms with Crippen LogP contribution in [0.25, 0.3) is 0 Å². The molecule has 0 aromatic heterocycles. The average Bonchev–Trinajstić information content (AvgIpc) is 2.61. The molecule has 12 heavy (non-hydrogen) atoms. The summed E-state index contributed by atoms with van der Waals surface area (Å²) in [5.74, 6) is 2.12. The number of allylic oxidation sites excluding steroid dienone is 2. The van der Waals surface area contributed by atoms with E-state index < -0.39 is 0 Å². The van der Waals surface area contributed by atoms with Gasteiger partial charge in [0.25, 0.3) is 0 Å². The van der Waals surface area contributed by atoms with Crippen molar-refractivity contribution in [2.45, 2.75) is 46.0 Å². The van der Waals surface area contributed by atoms with Gasteiger partial charge >= 0.3 is 0 Å². The normalized spacial score (nSPS) is 50.5. The molecule has 0 saturated heterocycles. The van der Waals surface area contributed by atoms with Gasteiger partial charge in [-0.05, 0) is 56.3 Å². The van der Waals surface area contributed by atoms with E-state index in [1.807, 2.05) is 5.57 Å². The van der Waals surface area contributed by atoms with Crippen LogP contribution in [-0.2, 0) is 0 Å². The fraction of sp³-hybridized carbons (Fsp3) is 0.833. The molecule has 0 aromatic carbocycles. The van der Waals surface area contributed by atoms with Crippen LogP contribution in [0, 0.1) is 17.3 Å². The predicted molar refractivity (Wildman–Crippen MR) is 50.9 cm³/mol. The topological polar surface area (TPSA) is 0 Å². The zero-order valence-corrected chi connectivity index (χ0v) is 8.19. The minimum atomic E-state index is 0.663. The van der Waals surface area contributed by atoms with Crippen LogP contribution in [0.3, 0.4) is 0 Å². The Morgan fingerprint density at radius 3 is 2.92 bits per heavy atom. The highest BCUT2D eigenvalue weighted by Crippen LogP contribution is 2.64. The molecule has 66 valence electrons. The summed E-state index contributed by atoms with van der Waals surface area (Å²) >= 11 is 0. The van der Waals surface area contributed by atoms with Crippen LogP contribution in [0.2, 0.25) is 0 Å². The molecule has 0 amide bonds. The Hall–Kier alpha value is -0.260. The Balaban J connectivity index is 2.12. The summed E-state index contributed by atoms with van der Waals surface area (Å²) in [5, 5.41) is 0. The Labute approximate surface area is 75.0 Å². The Morgan fingerprint density at radius 2 is 2.17 bits per heavy atom. The third-order valence-electron chi connectivity index (χ3n) is 4.66. The molecule has 0 spiro atoms. The fourth-order valence-corrected chi connectivity index (χ4v) is 4.28. The third kappa shape index (κ3) is 0.654. The van der Waals surface area contributed by atoms with Crippen LogP contribution in [0.15, 0.2) is 11.1 Å². The highest BCUT2D eigenvalue weighted by molar-refractivity contribution is 5.34. The molecule has 0 N–H and O–H groups in total. The van der Waals surface area contributed by atoms with Crippen molar-refractivity contribution in [3.63, 3.8) is 0 Å². The molecule has 3 atom stereocenters. The van der Waals surface area contributed by atoms with Gasteiger partial charge in [0.2, 0.25) is 0 Å². The summed E-state index contributed by atoms with van der Waals surface area (Å²) in [4.78, 5) is 0. The van der Waals surface area contributed by atoms with Gasteiger partial charge in [-0.25, -0.2) is 0 Å². The van der Waals surface area contributed by atoms with Crippen molar-refractivity contribution in [2.24, 2.45) is 17.3 Å². The molecule has 0 aliphatic heterocycles. The van der Waals surface area contributed by atoms with Crippen LogP contribution in [0.1, 0.15) is 46.0 Å². The second-order valence-corrected chi connectivity index (χ2v) is 5.40. The zero-order valence-electron chi connectivity index (χ0n) is 8.19. The van der Waals surface area contributed by atoms with Crippen molar-refractivity contribution in [3.8, 4) is 0 Å². The summed E-state index contributed by atoms with van der Waals surface area (Å²) in [7, 11) is 0. The lowest BCUT2D eigenvalue weighted by atomic mass is 9.77. The summed E-state index contributed by atoms with van der Waals surface area (Å²) in [6, 6.07) is 0. The van der Waals surface area contributed by atoms with Crippen molar-refractivity contribution in [3.05, 3.63) is 11.1 Å². The predicted octanol–water partition coefficient (Wildman–Crippen LogP) is 3.53. The molecule has 3 rings (SSSR count). The molecule has 0 aromatic rings. The zero-order chi connectivity index (χ0) is 8.34. The first-order valence-electron chi connectivity index (χ1n) is 5.41. The van der Waals surface area contributed by atoms with Crippen LogP contribution < -0.4 is 0 Å². The fourth-order valence-electron chi connectivity index (χ4n) is 4.28. The smallest absolute Gasteiger partial charge is 0.0108 e. The van der Waals surface area contributed by atoms with Crippen molar-refractivity contribution in [2.75, 3.05) is 0 Å². The number of rotatable bonds is 0. The van der Waals surface area contributed by atoms with Crippen molar-refractivity contribution in [1.29, 1.82) is 0 Å². The number of hydrogen-bond donors (Lipinski definition) is 0. The molecule has 0 heteroatoms. The average molecular weight is 162 g/mol. The maximum absolute atomic E-state index is 2.51. The van der Waals surface area contributed by atoms with E-state index in [4.69, 9.17) is 0 Å². The van der Waals surface area contributed by atoms with Gasteiger partial charge in [-0.15, -0.1) is 0 Å². The van der Waals surface area contributed by atoms with Gasteiger partial charge in [0.05, 0.1) is 0 Å². The monoisotopic (exact) mass is 162 g/mol. The second-order valence-electron chi connectivity index (χ2n) is 5.40. The van der Waals surface area contributed by atoms with Crippen molar-refractivity contribution in [1.82, 2.24) is 0 Å². The van der Waals surface area contributed by atoms with Crippen LogP contribution in [0.5, 0.6) is 0 Å². The molecule has 2 saturated carbocycles. The van der Waals surface area contributed by atoms with Gasteiger partial charge in [-0.2, -0.15) is 0 Å². The lowest BCUT2D eigenvalue weighted by Gasteiger charge is -2.28. The summed E-state index contributed by atoms with van der Waals surface area (Å²) in [6.45, 7) is 4.89. The molecular formula is C12H18. The highest BCUT2D eigenvalue weighted by atomic mass is 14.6. The molecule has 2 bridgehead atoms. The molecule has 3 unspecified atom stereocenters. The van der Waals surface area contributed by atoms with Gasteiger partial charge in [-0.3, -0.25) is 0 Å². The number of hydrogen-bond acceptors (Lipinski definition) is 0. The first-order chi connectivity index (χ1) is 5.71. The van der Waals surface area contributed by atoms with E-state index in [9.17, 15) is 0 Å². The lowest BCUT2D eigenvalue weighted by molar-refractivity contribution is 0.378. The Bertz CT molecular complexity index is 261. The van der Waals surface area contributed by atoms with Crippen LogP contribution in [-0.4, -0.2) is 0 Å². The minimum Gasteiger partial charge on any atom is -0.0733 e. The first kappa shape index (κ1) is 7.17. The quantitative estimate of drug-likeness (QED) is 0.478. The molecule has 3 aliphatic carbocycles. The van der Waals surface area contributed by atoms with Gasteiger partial charge in [0.15, 0.2) is 0 Å². The van der Waals surface area contributed by atoms with Gasteiger partial charge < -0.3 is 0 Å². The maximum Gasteiger partial charge on any atom is -0.0108 e. The van der Waals surface area contributed by atoms with Crippen LogP contribution in [0.4, 0.5) is 0 Å². The van der Waals surface area contributed by atoms with E-state index >= 15 is 0 Å². The van der Waals surface area contributed by atoms with Crippen molar-refractivity contribution >= 4 is 0 Å². The first-order valence-corrected chi connectivity index (χ1v) is 5.41. The van der Waals surface area contributed by atoms with E-state index in [1.54, 1.807) is 5.57 Å². The summed E-state index contributed by atoms with van der Waals surface area (Å²) in [6.07, 6.45) is 7.43. The molecule has 0 radical (unpaired) electrons. The van der Waals surface area contributed by atoms with E-state index in [1.165, 1.54) is 32.1 Å². The molecule has 2 fully saturated rings. The summed E-state index contributed by atoms with van der Waals surface area (Å²) < 4.78 is 0. The molecule has 0 heterocycles. The Kier molecular flexibility index (Phi) is 1.18. The van der Waals surface area contributed by atoms with Crippen LogP contribution >= 0.6 is 0 Å². The van der Waals surface area contributed by atoms with Gasteiger partial charge in [0, 0.05) is 0 Å². The SMILES string of the molecule is CC1=C2C(CC1)C1CCC2(C)C1. The molecule has 0 nitrogen and oxygen atoms in total. The third-order valence-corrected chi connectivity index (χ3v) is 4.66. The Morgan fingerprint density at radius 1 is 1.33 bits per heavy atom. The number of fused-ring (bicyclic) bond motifs is 5. The summed E-state index contributed by atoms with van der Waals surface area (Å²) in [5.41, 5.74) is 4.32. The van der Waals surface area contributed by atoms with E-state index in [0.29, 0.717) is 5.41 Å². The van der Waals surface area contributed by atoms with E-state index in [2.05, 4.69) is 13.8 Å². The van der Waals surface area contributed by atoms with Crippen molar-refractivity contribution < 1.29 is 0 Å². The standard InChI is InChI=1S/C12H18/c1-8-3-4-10-9-5-6-12(2,7-9)11(8)10/h9-10H,3-7H2,1-2H3. The molecular weight excluding hydrogens is 144 g/mol.